The Morgan fingerprint density at radius 2 is 1.82 bits per heavy atom. The van der Waals surface area contributed by atoms with E-state index >= 15 is 0 Å². The zero-order valence-electron chi connectivity index (χ0n) is 16.6. The molecular weight excluding hydrogens is 356 g/mol. The summed E-state index contributed by atoms with van der Waals surface area (Å²) in [7, 11) is 3.72. The third kappa shape index (κ3) is 3.48. The first kappa shape index (κ1) is 18.9. The number of aromatic nitrogens is 3. The van der Waals surface area contributed by atoms with Gasteiger partial charge >= 0.3 is 0 Å². The second-order valence-corrected chi connectivity index (χ2v) is 7.92. The minimum Gasteiger partial charge on any atom is -0.355 e. The van der Waals surface area contributed by atoms with Crippen LogP contribution in [0.1, 0.15) is 47.7 Å². The average molecular weight is 384 g/mol. The van der Waals surface area contributed by atoms with Crippen LogP contribution in [0, 0.1) is 5.92 Å². The molecule has 0 aliphatic carbocycles. The van der Waals surface area contributed by atoms with Crippen LogP contribution in [-0.4, -0.2) is 76.5 Å². The standard InChI is InChI=1S/C20H28N6O2/c1-21-19(27)16-13-23-26-17(3-8-22-18(16)26)14-6-11-25(12-7-14)20(28)15-4-9-24(2)10-5-15/h3,8,13-15H,4-7,9-12H2,1-2H3,(H,21,27). The lowest BCUT2D eigenvalue weighted by atomic mass is 9.90. The minimum atomic E-state index is -0.182. The van der Waals surface area contributed by atoms with Crippen molar-refractivity contribution in [3.8, 4) is 0 Å². The summed E-state index contributed by atoms with van der Waals surface area (Å²) in [6.07, 6.45) is 7.07. The molecule has 2 saturated heterocycles. The molecule has 0 spiro atoms. The Morgan fingerprint density at radius 3 is 2.50 bits per heavy atom. The third-order valence-electron chi connectivity index (χ3n) is 6.19. The van der Waals surface area contributed by atoms with Crippen LogP contribution in [-0.2, 0) is 4.79 Å². The summed E-state index contributed by atoms with van der Waals surface area (Å²) in [6.45, 7) is 3.58. The fraction of sp³-hybridized carbons (Fsp3) is 0.600. The topological polar surface area (TPSA) is 82.8 Å². The first-order chi connectivity index (χ1) is 13.6. The van der Waals surface area contributed by atoms with Gasteiger partial charge in [-0.2, -0.15) is 5.10 Å². The SMILES string of the molecule is CNC(=O)c1cnn2c(C3CCN(C(=O)C4CCN(C)CC4)CC3)ccnc12. The smallest absolute Gasteiger partial charge is 0.256 e. The highest BCUT2D eigenvalue weighted by Gasteiger charge is 2.31. The van der Waals surface area contributed by atoms with Gasteiger partial charge in [0, 0.05) is 43.9 Å². The van der Waals surface area contributed by atoms with Gasteiger partial charge < -0.3 is 15.1 Å². The van der Waals surface area contributed by atoms with Crippen molar-refractivity contribution in [2.24, 2.45) is 5.92 Å². The maximum absolute atomic E-state index is 12.9. The molecule has 2 aliphatic rings. The first-order valence-electron chi connectivity index (χ1n) is 10.1. The van der Waals surface area contributed by atoms with Gasteiger partial charge in [-0.15, -0.1) is 0 Å². The highest BCUT2D eigenvalue weighted by Crippen LogP contribution is 2.30. The second-order valence-electron chi connectivity index (χ2n) is 7.92. The molecule has 2 aromatic heterocycles. The molecular formula is C20H28N6O2. The quantitative estimate of drug-likeness (QED) is 0.858. The summed E-state index contributed by atoms with van der Waals surface area (Å²) in [4.78, 5) is 33.6. The van der Waals surface area contributed by atoms with Gasteiger partial charge in [-0.1, -0.05) is 0 Å². The van der Waals surface area contributed by atoms with Crippen molar-refractivity contribution in [3.63, 3.8) is 0 Å². The second kappa shape index (κ2) is 7.87. The number of likely N-dealkylation sites (tertiary alicyclic amines) is 2. The number of amides is 2. The maximum Gasteiger partial charge on any atom is 0.256 e. The van der Waals surface area contributed by atoms with Crippen LogP contribution in [0.3, 0.4) is 0 Å². The first-order valence-corrected chi connectivity index (χ1v) is 10.1. The molecule has 2 aromatic rings. The Labute approximate surface area is 164 Å². The number of fused-ring (bicyclic) bond motifs is 1. The van der Waals surface area contributed by atoms with E-state index in [4.69, 9.17) is 0 Å². The van der Waals surface area contributed by atoms with Gasteiger partial charge in [0.2, 0.25) is 5.91 Å². The van der Waals surface area contributed by atoms with Crippen LogP contribution >= 0.6 is 0 Å². The normalized spacial score (nSPS) is 19.9. The molecule has 0 atom stereocenters. The van der Waals surface area contributed by atoms with Gasteiger partial charge in [-0.25, -0.2) is 9.50 Å². The fourth-order valence-corrected chi connectivity index (χ4v) is 4.42. The summed E-state index contributed by atoms with van der Waals surface area (Å²) < 4.78 is 1.78. The molecule has 28 heavy (non-hydrogen) atoms. The van der Waals surface area contributed by atoms with Crippen molar-refractivity contribution < 1.29 is 9.59 Å². The fourth-order valence-electron chi connectivity index (χ4n) is 4.42. The van der Waals surface area contributed by atoms with Gasteiger partial charge in [0.25, 0.3) is 5.91 Å². The summed E-state index contributed by atoms with van der Waals surface area (Å²) in [5, 5.41) is 7.04. The number of carbonyl (C=O) groups is 2. The van der Waals surface area contributed by atoms with E-state index in [-0.39, 0.29) is 11.8 Å². The average Bonchev–Trinajstić information content (AvgIpc) is 3.17. The zero-order chi connectivity index (χ0) is 19.7. The van der Waals surface area contributed by atoms with Crippen LogP contribution in [0.25, 0.3) is 5.65 Å². The van der Waals surface area contributed by atoms with Crippen LogP contribution in [0.2, 0.25) is 0 Å². The number of carbonyl (C=O) groups excluding carboxylic acids is 2. The van der Waals surface area contributed by atoms with Crippen LogP contribution in [0.15, 0.2) is 18.5 Å². The molecule has 4 rings (SSSR count). The van der Waals surface area contributed by atoms with E-state index in [1.165, 1.54) is 0 Å². The van der Waals surface area contributed by atoms with E-state index in [0.717, 1.165) is 57.6 Å². The van der Waals surface area contributed by atoms with Crippen molar-refractivity contribution in [1.29, 1.82) is 0 Å². The lowest BCUT2D eigenvalue weighted by molar-refractivity contribution is -0.138. The Hall–Kier alpha value is -2.48. The highest BCUT2D eigenvalue weighted by atomic mass is 16.2. The van der Waals surface area contributed by atoms with Crippen LogP contribution < -0.4 is 5.32 Å². The number of nitrogens with zero attached hydrogens (tertiary/aromatic N) is 5. The van der Waals surface area contributed by atoms with Gasteiger partial charge in [0.05, 0.1) is 6.20 Å². The Kier molecular flexibility index (Phi) is 5.30. The Morgan fingerprint density at radius 1 is 1.11 bits per heavy atom. The maximum atomic E-state index is 12.9. The van der Waals surface area contributed by atoms with Crippen molar-refractivity contribution >= 4 is 17.5 Å². The number of piperidine rings is 2. The molecule has 2 fully saturated rings. The molecule has 8 heteroatoms. The Balaban J connectivity index is 1.45. The number of hydrogen-bond acceptors (Lipinski definition) is 5. The van der Waals surface area contributed by atoms with Crippen LogP contribution in [0.5, 0.6) is 0 Å². The molecule has 1 N–H and O–H groups in total. The summed E-state index contributed by atoms with van der Waals surface area (Å²) in [5.41, 5.74) is 2.13. The van der Waals surface area contributed by atoms with E-state index in [1.54, 1.807) is 24.0 Å². The van der Waals surface area contributed by atoms with Crippen molar-refractivity contribution in [2.75, 3.05) is 40.3 Å². The van der Waals surface area contributed by atoms with Gasteiger partial charge in [0.1, 0.15) is 5.56 Å². The minimum absolute atomic E-state index is 0.182. The van der Waals surface area contributed by atoms with E-state index in [2.05, 4.69) is 27.3 Å². The monoisotopic (exact) mass is 384 g/mol. The largest absolute Gasteiger partial charge is 0.355 e. The molecule has 8 nitrogen and oxygen atoms in total. The molecule has 0 unspecified atom stereocenters. The lowest BCUT2D eigenvalue weighted by Crippen LogP contribution is -2.44. The predicted octanol–water partition coefficient (Wildman–Crippen LogP) is 1.14. The summed E-state index contributed by atoms with van der Waals surface area (Å²) >= 11 is 0. The molecule has 0 bridgehead atoms. The molecule has 4 heterocycles. The Bertz CT molecular complexity index is 863. The third-order valence-corrected chi connectivity index (χ3v) is 6.19. The zero-order valence-corrected chi connectivity index (χ0v) is 16.6. The molecule has 150 valence electrons. The lowest BCUT2D eigenvalue weighted by Gasteiger charge is -2.36. The highest BCUT2D eigenvalue weighted by molar-refractivity contribution is 5.99. The molecule has 0 aromatic carbocycles. The summed E-state index contributed by atoms with van der Waals surface area (Å²) in [5.74, 6) is 0.636. The predicted molar refractivity (Wildman–Crippen MR) is 105 cm³/mol. The number of hydrogen-bond donors (Lipinski definition) is 1. The van der Waals surface area contributed by atoms with Crippen LogP contribution in [0.4, 0.5) is 0 Å². The molecule has 0 radical (unpaired) electrons. The van der Waals surface area contributed by atoms with Crippen molar-refractivity contribution in [1.82, 2.24) is 29.7 Å². The van der Waals surface area contributed by atoms with Gasteiger partial charge in [-0.05, 0) is 51.9 Å². The van der Waals surface area contributed by atoms with E-state index in [0.29, 0.717) is 23.0 Å². The van der Waals surface area contributed by atoms with Crippen molar-refractivity contribution in [2.45, 2.75) is 31.6 Å². The van der Waals surface area contributed by atoms with E-state index < -0.39 is 0 Å². The number of rotatable bonds is 3. The molecule has 2 aliphatic heterocycles. The summed E-state index contributed by atoms with van der Waals surface area (Å²) in [6, 6.07) is 1.98. The van der Waals surface area contributed by atoms with E-state index in [9.17, 15) is 9.59 Å². The van der Waals surface area contributed by atoms with E-state index in [1.807, 2.05) is 11.0 Å². The molecule has 0 saturated carbocycles. The molecule has 2 amide bonds. The van der Waals surface area contributed by atoms with Gasteiger partial charge in [-0.3, -0.25) is 9.59 Å². The van der Waals surface area contributed by atoms with Gasteiger partial charge in [0.15, 0.2) is 5.65 Å². The number of nitrogens with one attached hydrogen (secondary N) is 1. The van der Waals surface area contributed by atoms with Crippen molar-refractivity contribution in [3.05, 3.63) is 29.7 Å².